The van der Waals surface area contributed by atoms with Crippen LogP contribution in [-0.2, 0) is 32.6 Å². The predicted octanol–water partition coefficient (Wildman–Crippen LogP) is 3.40. The summed E-state index contributed by atoms with van der Waals surface area (Å²) < 4.78 is 28.0. The Morgan fingerprint density at radius 3 is 2.56 bits per heavy atom. The van der Waals surface area contributed by atoms with Gasteiger partial charge in [0.2, 0.25) is 21.8 Å². The number of carbonyl (C=O) groups is 2. The molecule has 1 N–H and O–H groups in total. The number of anilines is 1. The van der Waals surface area contributed by atoms with Gasteiger partial charge in [-0.15, -0.1) is 0 Å². The fraction of sp³-hybridized carbons (Fsp3) is 0.462. The number of carbonyl (C=O) groups excluding carboxylic acids is 2. The van der Waals surface area contributed by atoms with E-state index >= 15 is 0 Å². The van der Waals surface area contributed by atoms with Crippen LogP contribution in [-0.4, -0.2) is 44.2 Å². The van der Waals surface area contributed by atoms with Gasteiger partial charge in [0.1, 0.15) is 6.54 Å². The molecule has 182 valence electrons. The van der Waals surface area contributed by atoms with Crippen molar-refractivity contribution < 1.29 is 18.0 Å². The quantitative estimate of drug-likeness (QED) is 0.682. The molecule has 4 rings (SSSR count). The van der Waals surface area contributed by atoms with Crippen molar-refractivity contribution in [1.82, 2.24) is 9.62 Å². The van der Waals surface area contributed by atoms with Crippen molar-refractivity contribution in [2.75, 3.05) is 24.5 Å². The molecule has 0 spiro atoms. The molecule has 0 aliphatic carbocycles. The van der Waals surface area contributed by atoms with Crippen LogP contribution in [0.3, 0.4) is 0 Å². The average Bonchev–Trinajstić information content (AvgIpc) is 2.97. The zero-order valence-corrected chi connectivity index (χ0v) is 20.7. The lowest BCUT2D eigenvalue weighted by Crippen LogP contribution is -2.40. The van der Waals surface area contributed by atoms with Crippen LogP contribution in [0.2, 0.25) is 0 Å². The van der Waals surface area contributed by atoms with Gasteiger partial charge in [0.25, 0.3) is 0 Å². The van der Waals surface area contributed by atoms with E-state index in [1.807, 2.05) is 31.2 Å². The number of piperidine rings is 1. The second-order valence-corrected chi connectivity index (χ2v) is 11.4. The molecule has 2 aromatic carbocycles. The minimum Gasteiger partial charge on any atom is -0.350 e. The summed E-state index contributed by atoms with van der Waals surface area (Å²) in [5.41, 5.74) is 3.54. The van der Waals surface area contributed by atoms with Gasteiger partial charge in [-0.3, -0.25) is 9.59 Å². The standard InChI is InChI=1S/C26H33N3O4S/c1-19-12-14-28(15-13-19)34(32,33)23-10-11-24-21(16-23)8-5-9-26(31)29(24)18-25(30)27-17-22-7-4-3-6-20(22)2/h3-4,6-7,10-11,16,19H,5,8-9,12-15,17-18H2,1-2H3,(H,27,30). The molecule has 2 aromatic rings. The Kier molecular flexibility index (Phi) is 7.38. The molecule has 2 heterocycles. The lowest BCUT2D eigenvalue weighted by molar-refractivity contribution is -0.123. The van der Waals surface area contributed by atoms with Crippen LogP contribution in [0.4, 0.5) is 5.69 Å². The van der Waals surface area contributed by atoms with Crippen molar-refractivity contribution in [3.8, 4) is 0 Å². The van der Waals surface area contributed by atoms with Crippen molar-refractivity contribution >= 4 is 27.5 Å². The topological polar surface area (TPSA) is 86.8 Å². The predicted molar refractivity (Wildman–Crippen MR) is 132 cm³/mol. The number of fused-ring (bicyclic) bond motifs is 1. The Labute approximate surface area is 202 Å². The lowest BCUT2D eigenvalue weighted by Gasteiger charge is -2.30. The minimum absolute atomic E-state index is 0.0895. The van der Waals surface area contributed by atoms with Gasteiger partial charge >= 0.3 is 0 Å². The van der Waals surface area contributed by atoms with Crippen molar-refractivity contribution in [2.45, 2.75) is 57.4 Å². The molecule has 2 amide bonds. The summed E-state index contributed by atoms with van der Waals surface area (Å²) in [5, 5.41) is 2.91. The fourth-order valence-corrected chi connectivity index (χ4v) is 6.16. The third-order valence-corrected chi connectivity index (χ3v) is 8.79. The van der Waals surface area contributed by atoms with E-state index in [0.717, 1.165) is 29.5 Å². The number of sulfonamides is 1. The Morgan fingerprint density at radius 2 is 1.82 bits per heavy atom. The van der Waals surface area contributed by atoms with Crippen molar-refractivity contribution in [3.05, 3.63) is 59.2 Å². The first kappa shape index (κ1) is 24.4. The van der Waals surface area contributed by atoms with E-state index in [0.29, 0.717) is 50.5 Å². The zero-order chi connectivity index (χ0) is 24.3. The molecule has 0 aromatic heterocycles. The highest BCUT2D eigenvalue weighted by Gasteiger charge is 2.30. The molecule has 0 unspecified atom stereocenters. The van der Waals surface area contributed by atoms with Gasteiger partial charge in [-0.25, -0.2) is 8.42 Å². The van der Waals surface area contributed by atoms with E-state index in [9.17, 15) is 18.0 Å². The van der Waals surface area contributed by atoms with Crippen molar-refractivity contribution in [2.24, 2.45) is 5.92 Å². The summed E-state index contributed by atoms with van der Waals surface area (Å²) in [6.07, 6.45) is 3.28. The summed E-state index contributed by atoms with van der Waals surface area (Å²) in [6.45, 7) is 5.51. The van der Waals surface area contributed by atoms with Gasteiger partial charge in [-0.05, 0) is 73.4 Å². The Morgan fingerprint density at radius 1 is 1.09 bits per heavy atom. The smallest absolute Gasteiger partial charge is 0.243 e. The number of aryl methyl sites for hydroxylation is 2. The lowest BCUT2D eigenvalue weighted by atomic mass is 10.0. The summed E-state index contributed by atoms with van der Waals surface area (Å²) in [5.74, 6) is 0.170. The molecule has 1 fully saturated rings. The normalized spacial score (nSPS) is 17.8. The van der Waals surface area contributed by atoms with E-state index in [2.05, 4.69) is 12.2 Å². The molecule has 1 saturated heterocycles. The fourth-order valence-electron chi connectivity index (χ4n) is 4.63. The number of amides is 2. The maximum atomic E-state index is 13.2. The number of nitrogens with zero attached hydrogens (tertiary/aromatic N) is 2. The van der Waals surface area contributed by atoms with E-state index < -0.39 is 10.0 Å². The second kappa shape index (κ2) is 10.3. The molecule has 2 aliphatic heterocycles. The van der Waals surface area contributed by atoms with Crippen LogP contribution in [0.5, 0.6) is 0 Å². The molecule has 2 aliphatic rings. The monoisotopic (exact) mass is 483 g/mol. The van der Waals surface area contributed by atoms with E-state index in [1.54, 1.807) is 22.5 Å². The van der Waals surface area contributed by atoms with Gasteiger partial charge in [0.15, 0.2) is 0 Å². The molecule has 7 nitrogen and oxygen atoms in total. The van der Waals surface area contributed by atoms with Crippen LogP contribution < -0.4 is 10.2 Å². The van der Waals surface area contributed by atoms with Crippen molar-refractivity contribution in [3.63, 3.8) is 0 Å². The second-order valence-electron chi connectivity index (χ2n) is 9.41. The van der Waals surface area contributed by atoms with E-state index in [4.69, 9.17) is 0 Å². The van der Waals surface area contributed by atoms with Crippen LogP contribution in [0.1, 0.15) is 49.3 Å². The first-order chi connectivity index (χ1) is 16.3. The van der Waals surface area contributed by atoms with Gasteiger partial charge in [0.05, 0.1) is 4.90 Å². The van der Waals surface area contributed by atoms with Gasteiger partial charge in [0, 0.05) is 31.7 Å². The third-order valence-electron chi connectivity index (χ3n) is 6.90. The van der Waals surface area contributed by atoms with Gasteiger partial charge < -0.3 is 10.2 Å². The molecular weight excluding hydrogens is 450 g/mol. The maximum Gasteiger partial charge on any atom is 0.243 e. The summed E-state index contributed by atoms with van der Waals surface area (Å²) in [7, 11) is -3.58. The Bertz CT molecular complexity index is 1170. The first-order valence-electron chi connectivity index (χ1n) is 12.0. The zero-order valence-electron chi connectivity index (χ0n) is 19.9. The van der Waals surface area contributed by atoms with E-state index in [1.165, 1.54) is 4.90 Å². The molecular formula is C26H33N3O4S. The number of benzene rings is 2. The average molecular weight is 484 g/mol. The highest BCUT2D eigenvalue weighted by atomic mass is 32.2. The molecule has 0 bridgehead atoms. The number of nitrogens with one attached hydrogen (secondary N) is 1. The molecule has 0 atom stereocenters. The third kappa shape index (κ3) is 5.33. The minimum atomic E-state index is -3.58. The van der Waals surface area contributed by atoms with Crippen LogP contribution in [0, 0.1) is 12.8 Å². The summed E-state index contributed by atoms with van der Waals surface area (Å²) in [4.78, 5) is 27.3. The SMILES string of the molecule is Cc1ccccc1CNC(=O)CN1C(=O)CCCc2cc(S(=O)(=O)N3CCC(C)CC3)ccc21. The van der Waals surface area contributed by atoms with Gasteiger partial charge in [-0.1, -0.05) is 31.2 Å². The number of hydrogen-bond acceptors (Lipinski definition) is 4. The van der Waals surface area contributed by atoms with Crippen molar-refractivity contribution in [1.29, 1.82) is 0 Å². The summed E-state index contributed by atoms with van der Waals surface area (Å²) >= 11 is 0. The van der Waals surface area contributed by atoms with E-state index in [-0.39, 0.29) is 23.3 Å². The molecule has 0 saturated carbocycles. The maximum absolute atomic E-state index is 13.2. The van der Waals surface area contributed by atoms with Crippen LogP contribution in [0.25, 0.3) is 0 Å². The molecule has 8 heteroatoms. The molecule has 34 heavy (non-hydrogen) atoms. The van der Waals surface area contributed by atoms with Gasteiger partial charge in [-0.2, -0.15) is 4.31 Å². The number of hydrogen-bond donors (Lipinski definition) is 1. The largest absolute Gasteiger partial charge is 0.350 e. The Balaban J connectivity index is 1.51. The highest BCUT2D eigenvalue weighted by Crippen LogP contribution is 2.31. The number of rotatable bonds is 6. The summed E-state index contributed by atoms with van der Waals surface area (Å²) in [6, 6.07) is 12.8. The Hall–Kier alpha value is -2.71. The first-order valence-corrected chi connectivity index (χ1v) is 13.4. The highest BCUT2D eigenvalue weighted by molar-refractivity contribution is 7.89. The van der Waals surface area contributed by atoms with Crippen LogP contribution in [0.15, 0.2) is 47.4 Å². The van der Waals surface area contributed by atoms with Crippen LogP contribution >= 0.6 is 0 Å². The molecule has 0 radical (unpaired) electrons.